The topological polar surface area (TPSA) is 24.6 Å². The molecule has 26 rings (SSSR count). The van der Waals surface area contributed by atoms with E-state index in [0.717, 1.165) is 0 Å². The van der Waals surface area contributed by atoms with Crippen LogP contribution in [0.25, 0.3) is 192 Å². The SMILES string of the molecule is Cc1ccc(-n2c3ccccc3c3cc4c(cc32)C(C)(C)c2ccccc2-4)cc1.Cc1ccc(-n2c3ccccc3c3cc4ccccc4cc32)cc1.Cc1cccc(-n2c3ccccc3c3cc4ccccc4cc32)c1.Cc1ccccc1-n1c2ccccc2c2c3ccccc3ccc21.Cc1ccccc1-n1c2ccccc2c2cc3ccccc3cc21. The number of aromatic nitrogens is 5. The van der Waals surface area contributed by atoms with E-state index in [1.165, 1.54) is 231 Å². The molecular formula is C120H91N5. The average Bonchev–Trinajstić information content (AvgIpc) is 1.55. The van der Waals surface area contributed by atoms with E-state index in [0.29, 0.717) is 0 Å². The third kappa shape index (κ3) is 13.0. The number of rotatable bonds is 5. The summed E-state index contributed by atoms with van der Waals surface area (Å²) in [6, 6.07) is 154. The molecule has 5 nitrogen and oxygen atoms in total. The summed E-state index contributed by atoms with van der Waals surface area (Å²) in [6.45, 7) is 15.5. The summed E-state index contributed by atoms with van der Waals surface area (Å²) in [5.74, 6) is 0. The van der Waals surface area contributed by atoms with Crippen LogP contribution in [-0.2, 0) is 5.41 Å². The van der Waals surface area contributed by atoms with E-state index in [2.05, 4.69) is 496 Å². The lowest BCUT2D eigenvalue weighted by atomic mass is 9.82. The summed E-state index contributed by atoms with van der Waals surface area (Å²) < 4.78 is 12.0. The molecule has 1 aliphatic rings. The molecule has 5 aromatic heterocycles. The molecular weight excluding hydrogens is 1510 g/mol. The Hall–Kier alpha value is -15.6. The van der Waals surface area contributed by atoms with Gasteiger partial charge in [0.1, 0.15) is 0 Å². The minimum absolute atomic E-state index is 0.00861. The van der Waals surface area contributed by atoms with Gasteiger partial charge in [0.25, 0.3) is 0 Å². The molecule has 0 radical (unpaired) electrons. The molecule has 25 aromatic rings. The Morgan fingerprint density at radius 3 is 0.984 bits per heavy atom. The van der Waals surface area contributed by atoms with E-state index in [9.17, 15) is 0 Å². The third-order valence-corrected chi connectivity index (χ3v) is 26.1. The molecule has 0 amide bonds. The summed E-state index contributed by atoms with van der Waals surface area (Å²) in [4.78, 5) is 0. The van der Waals surface area contributed by atoms with Crippen LogP contribution in [0.15, 0.2) is 425 Å². The molecule has 0 spiro atoms. The number of para-hydroxylation sites is 7. The van der Waals surface area contributed by atoms with E-state index in [1.54, 1.807) is 0 Å². The predicted octanol–water partition coefficient (Wildman–Crippen LogP) is 32.4. The van der Waals surface area contributed by atoms with Crippen LogP contribution >= 0.6 is 0 Å². The van der Waals surface area contributed by atoms with Gasteiger partial charge in [0, 0.05) is 87.7 Å². The molecule has 1 aliphatic carbocycles. The minimum Gasteiger partial charge on any atom is -0.309 e. The van der Waals surface area contributed by atoms with Crippen LogP contribution in [-0.4, -0.2) is 22.8 Å². The smallest absolute Gasteiger partial charge is 0.0547 e. The van der Waals surface area contributed by atoms with Gasteiger partial charge in [-0.3, -0.25) is 0 Å². The normalized spacial score (nSPS) is 12.2. The fourth-order valence-corrected chi connectivity index (χ4v) is 20.0. The van der Waals surface area contributed by atoms with Gasteiger partial charge < -0.3 is 22.8 Å². The van der Waals surface area contributed by atoms with E-state index in [1.807, 2.05) is 0 Å². The first-order chi connectivity index (χ1) is 61.3. The monoisotopic (exact) mass is 1600 g/mol. The van der Waals surface area contributed by atoms with Crippen LogP contribution in [0.5, 0.6) is 0 Å². The van der Waals surface area contributed by atoms with Gasteiger partial charge in [-0.2, -0.15) is 0 Å². The van der Waals surface area contributed by atoms with Crippen LogP contribution < -0.4 is 0 Å². The minimum atomic E-state index is 0.00861. The summed E-state index contributed by atoms with van der Waals surface area (Å²) >= 11 is 0. The van der Waals surface area contributed by atoms with Crippen molar-refractivity contribution in [2.75, 3.05) is 0 Å². The Morgan fingerprint density at radius 2 is 0.520 bits per heavy atom. The highest BCUT2D eigenvalue weighted by Crippen LogP contribution is 2.52. The van der Waals surface area contributed by atoms with Gasteiger partial charge in [0.05, 0.1) is 55.2 Å². The Balaban J connectivity index is 0.0000000929. The van der Waals surface area contributed by atoms with E-state index in [4.69, 9.17) is 0 Å². The van der Waals surface area contributed by atoms with Crippen molar-refractivity contribution < 1.29 is 0 Å². The zero-order valence-corrected chi connectivity index (χ0v) is 71.2. The van der Waals surface area contributed by atoms with E-state index in [-0.39, 0.29) is 5.41 Å². The Morgan fingerprint density at radius 1 is 0.176 bits per heavy atom. The van der Waals surface area contributed by atoms with Gasteiger partial charge in [0.2, 0.25) is 0 Å². The van der Waals surface area contributed by atoms with Gasteiger partial charge in [-0.15, -0.1) is 0 Å². The highest BCUT2D eigenvalue weighted by Gasteiger charge is 2.36. The fraction of sp³-hybridized carbons (Fsp3) is 0.0667. The zero-order chi connectivity index (χ0) is 84.1. The Kier molecular flexibility index (Phi) is 18.7. The average molecular weight is 1600 g/mol. The molecule has 596 valence electrons. The van der Waals surface area contributed by atoms with Gasteiger partial charge >= 0.3 is 0 Å². The molecule has 0 unspecified atom stereocenters. The maximum absolute atomic E-state index is 2.44. The quantitative estimate of drug-likeness (QED) is 0.164. The fourth-order valence-electron chi connectivity index (χ4n) is 20.0. The molecule has 0 aliphatic heterocycles. The van der Waals surface area contributed by atoms with Crippen molar-refractivity contribution in [3.8, 4) is 39.6 Å². The number of benzene rings is 20. The molecule has 5 heteroatoms. The number of nitrogens with zero attached hydrogens (tertiary/aromatic N) is 5. The second-order valence-corrected chi connectivity index (χ2v) is 34.3. The van der Waals surface area contributed by atoms with Crippen molar-refractivity contribution in [3.63, 3.8) is 0 Å². The Bertz CT molecular complexity index is 8510. The molecule has 5 heterocycles. The lowest BCUT2D eigenvalue weighted by Crippen LogP contribution is -2.14. The number of hydrogen-bond acceptors (Lipinski definition) is 0. The van der Waals surface area contributed by atoms with Gasteiger partial charge in [0.15, 0.2) is 0 Å². The van der Waals surface area contributed by atoms with Crippen molar-refractivity contribution in [3.05, 3.63) is 464 Å². The van der Waals surface area contributed by atoms with Gasteiger partial charge in [-0.05, 0) is 250 Å². The number of fused-ring (bicyclic) bond motifs is 23. The van der Waals surface area contributed by atoms with Gasteiger partial charge in [-0.1, -0.05) is 316 Å². The second kappa shape index (κ2) is 30.8. The standard InChI is InChI=1S/C28H23N.4C23H17N/c1-18-12-14-19(15-13-18)29-26-11-7-5-9-21(26)23-16-22-20-8-4-6-10-24(20)28(2,3)25(22)17-27(23)29;1-16-8-2-6-12-21(16)24-22-13-7-5-11-19(22)20-14-17-9-3-4-10-18(17)15-23(20)24;1-16-8-2-6-12-20(16)24-21-13-7-5-11-19(21)23-18-10-4-3-9-17(18)14-15-22(23)24;1-16-7-6-10-19(13-16)24-22-12-5-4-11-20(22)21-14-17-8-2-3-9-18(17)15-23(21)24;1-16-10-12-19(13-11-16)24-22-9-5-4-8-20(22)21-14-17-6-2-3-7-18(17)15-23(21)24/h4-17H,1-3H3;4*2-15H,1H3. The summed E-state index contributed by atoms with van der Waals surface area (Å²) in [5.41, 5.74) is 30.8. The molecule has 125 heavy (non-hydrogen) atoms. The first-order valence-electron chi connectivity index (χ1n) is 43.5. The Labute approximate surface area is 727 Å². The van der Waals surface area contributed by atoms with Crippen LogP contribution in [0.2, 0.25) is 0 Å². The maximum Gasteiger partial charge on any atom is 0.0547 e. The van der Waals surface area contributed by atoms with Crippen LogP contribution in [0.1, 0.15) is 52.8 Å². The highest BCUT2D eigenvalue weighted by atomic mass is 15.0. The third-order valence-electron chi connectivity index (χ3n) is 26.1. The van der Waals surface area contributed by atoms with Crippen molar-refractivity contribution >= 4 is 152 Å². The number of aryl methyl sites for hydroxylation is 5. The summed E-state index contributed by atoms with van der Waals surface area (Å²) in [6.07, 6.45) is 0. The first-order valence-corrected chi connectivity index (χ1v) is 43.5. The van der Waals surface area contributed by atoms with Crippen molar-refractivity contribution in [2.45, 2.75) is 53.9 Å². The second-order valence-electron chi connectivity index (χ2n) is 34.3. The van der Waals surface area contributed by atoms with Crippen molar-refractivity contribution in [2.24, 2.45) is 0 Å². The predicted molar refractivity (Wildman–Crippen MR) is 535 cm³/mol. The molecule has 0 bridgehead atoms. The zero-order valence-electron chi connectivity index (χ0n) is 71.2. The number of hydrogen-bond donors (Lipinski definition) is 0. The van der Waals surface area contributed by atoms with Crippen LogP contribution in [0, 0.1) is 34.6 Å². The molecule has 0 atom stereocenters. The highest BCUT2D eigenvalue weighted by molar-refractivity contribution is 6.22. The van der Waals surface area contributed by atoms with E-state index >= 15 is 0 Å². The molecule has 0 saturated carbocycles. The molecule has 20 aromatic carbocycles. The lowest BCUT2D eigenvalue weighted by Gasteiger charge is -2.21. The van der Waals surface area contributed by atoms with Gasteiger partial charge in [-0.25, -0.2) is 0 Å². The van der Waals surface area contributed by atoms with Crippen molar-refractivity contribution in [1.82, 2.24) is 22.8 Å². The molecule has 0 saturated heterocycles. The first kappa shape index (κ1) is 75.6. The van der Waals surface area contributed by atoms with Crippen LogP contribution in [0.4, 0.5) is 0 Å². The van der Waals surface area contributed by atoms with Crippen LogP contribution in [0.3, 0.4) is 0 Å². The largest absolute Gasteiger partial charge is 0.309 e. The summed E-state index contributed by atoms with van der Waals surface area (Å²) in [7, 11) is 0. The summed E-state index contributed by atoms with van der Waals surface area (Å²) in [5, 5.41) is 23.5. The van der Waals surface area contributed by atoms with Crippen molar-refractivity contribution in [1.29, 1.82) is 0 Å². The molecule has 0 fully saturated rings. The lowest BCUT2D eigenvalue weighted by molar-refractivity contribution is 0.661. The maximum atomic E-state index is 2.44. The van der Waals surface area contributed by atoms with E-state index < -0.39 is 0 Å². The molecule has 0 N–H and O–H groups in total.